The van der Waals surface area contributed by atoms with E-state index in [1.807, 2.05) is 27.7 Å². The molecule has 0 radical (unpaired) electrons. The summed E-state index contributed by atoms with van der Waals surface area (Å²) in [5.74, 6) is 1.15. The smallest absolute Gasteiger partial charge is 0.163 e. The van der Waals surface area contributed by atoms with E-state index in [-0.39, 0.29) is 4.58 Å². The molecule has 0 aliphatic carbocycles. The molecule has 0 unspecified atom stereocenters. The van der Waals surface area contributed by atoms with Crippen molar-refractivity contribution < 1.29 is 19.7 Å². The summed E-state index contributed by atoms with van der Waals surface area (Å²) < 4.78 is 11.0. The van der Waals surface area contributed by atoms with Gasteiger partial charge >= 0.3 is 0 Å². The Labute approximate surface area is 118 Å². The minimum atomic E-state index is -0.908. The molecular formula is C12H24O4S2. The second kappa shape index (κ2) is 7.36. The van der Waals surface area contributed by atoms with Gasteiger partial charge in [-0.25, -0.2) is 0 Å². The van der Waals surface area contributed by atoms with Gasteiger partial charge in [-0.05, 0) is 25.4 Å². The molecule has 1 heterocycles. The van der Waals surface area contributed by atoms with Crippen LogP contribution >= 0.6 is 23.5 Å². The normalized spacial score (nSPS) is 26.5. The standard InChI is InChI=1S/C12H24O4S2/c1-5-17-11(18-6-2)10(14)9(13)8-7-15-12(3,4)16-8/h8-11,13-14H,5-7H2,1-4H3/t8-,9-,10+/m1/s1. The fraction of sp³-hybridized carbons (Fsp3) is 1.00. The van der Waals surface area contributed by atoms with Gasteiger partial charge in [-0.1, -0.05) is 13.8 Å². The summed E-state index contributed by atoms with van der Waals surface area (Å²) in [5, 5.41) is 20.4. The van der Waals surface area contributed by atoms with Gasteiger partial charge < -0.3 is 19.7 Å². The van der Waals surface area contributed by atoms with E-state index >= 15 is 0 Å². The van der Waals surface area contributed by atoms with Crippen LogP contribution in [0.4, 0.5) is 0 Å². The Balaban J connectivity index is 2.55. The summed E-state index contributed by atoms with van der Waals surface area (Å²) >= 11 is 3.31. The lowest BCUT2D eigenvalue weighted by molar-refractivity contribution is -0.159. The Morgan fingerprint density at radius 3 is 2.17 bits per heavy atom. The first-order valence-electron chi connectivity index (χ1n) is 6.32. The average Bonchev–Trinajstić information content (AvgIpc) is 2.67. The minimum Gasteiger partial charge on any atom is -0.388 e. The summed E-state index contributed by atoms with van der Waals surface area (Å²) in [6.07, 6.45) is -2.16. The van der Waals surface area contributed by atoms with Crippen LogP contribution in [0.25, 0.3) is 0 Å². The number of thioether (sulfide) groups is 2. The van der Waals surface area contributed by atoms with E-state index in [1.165, 1.54) is 0 Å². The van der Waals surface area contributed by atoms with E-state index in [9.17, 15) is 10.2 Å². The highest BCUT2D eigenvalue weighted by molar-refractivity contribution is 8.17. The van der Waals surface area contributed by atoms with Gasteiger partial charge in [0.15, 0.2) is 5.79 Å². The average molecular weight is 296 g/mol. The van der Waals surface area contributed by atoms with Gasteiger partial charge in [-0.3, -0.25) is 0 Å². The molecule has 0 aromatic carbocycles. The van der Waals surface area contributed by atoms with Gasteiger partial charge in [0.25, 0.3) is 0 Å². The van der Waals surface area contributed by atoms with E-state index in [1.54, 1.807) is 23.5 Å². The highest BCUT2D eigenvalue weighted by Crippen LogP contribution is 2.32. The van der Waals surface area contributed by atoms with E-state index in [4.69, 9.17) is 9.47 Å². The molecule has 18 heavy (non-hydrogen) atoms. The Kier molecular flexibility index (Phi) is 6.78. The van der Waals surface area contributed by atoms with Crippen molar-refractivity contribution >= 4 is 23.5 Å². The van der Waals surface area contributed by atoms with Gasteiger partial charge in [0.05, 0.1) is 11.2 Å². The van der Waals surface area contributed by atoms with Crippen LogP contribution < -0.4 is 0 Å². The largest absolute Gasteiger partial charge is 0.388 e. The zero-order valence-electron chi connectivity index (χ0n) is 11.5. The highest BCUT2D eigenvalue weighted by atomic mass is 32.2. The molecule has 0 aromatic heterocycles. The zero-order valence-corrected chi connectivity index (χ0v) is 13.1. The topological polar surface area (TPSA) is 58.9 Å². The lowest BCUT2D eigenvalue weighted by Gasteiger charge is -2.28. The van der Waals surface area contributed by atoms with Crippen molar-refractivity contribution in [2.45, 2.75) is 56.4 Å². The molecule has 1 fully saturated rings. The molecule has 108 valence electrons. The molecular weight excluding hydrogens is 272 g/mol. The summed E-state index contributed by atoms with van der Waals surface area (Å²) in [5.41, 5.74) is 0. The molecule has 0 spiro atoms. The van der Waals surface area contributed by atoms with Crippen molar-refractivity contribution in [3.63, 3.8) is 0 Å². The maximum Gasteiger partial charge on any atom is 0.163 e. The van der Waals surface area contributed by atoms with Gasteiger partial charge in [0.2, 0.25) is 0 Å². The maximum atomic E-state index is 10.2. The number of ether oxygens (including phenoxy) is 2. The molecule has 0 aromatic rings. The van der Waals surface area contributed by atoms with Crippen molar-refractivity contribution in [1.29, 1.82) is 0 Å². The summed E-state index contributed by atoms with van der Waals surface area (Å²) in [7, 11) is 0. The molecule has 2 N–H and O–H groups in total. The van der Waals surface area contributed by atoms with Gasteiger partial charge in [0.1, 0.15) is 18.3 Å². The molecule has 0 amide bonds. The van der Waals surface area contributed by atoms with Gasteiger partial charge in [-0.2, -0.15) is 0 Å². The van der Waals surface area contributed by atoms with Crippen LogP contribution in [0.1, 0.15) is 27.7 Å². The van der Waals surface area contributed by atoms with E-state index < -0.39 is 24.1 Å². The fourth-order valence-electron chi connectivity index (χ4n) is 1.84. The van der Waals surface area contributed by atoms with Crippen LogP contribution in [-0.4, -0.2) is 57.0 Å². The van der Waals surface area contributed by atoms with Crippen molar-refractivity contribution in [3.05, 3.63) is 0 Å². The molecule has 0 bridgehead atoms. The SMILES string of the molecule is CCSC(SCC)[C@@H](O)[C@H](O)[C@H]1COC(C)(C)O1. The molecule has 3 atom stereocenters. The van der Waals surface area contributed by atoms with Crippen LogP contribution in [0.5, 0.6) is 0 Å². The molecule has 1 rings (SSSR count). The molecule has 6 heteroatoms. The number of aliphatic hydroxyl groups is 2. The van der Waals surface area contributed by atoms with E-state index in [0.717, 1.165) is 11.5 Å². The predicted molar refractivity (Wildman–Crippen MR) is 77.0 cm³/mol. The number of hydrogen-bond donors (Lipinski definition) is 2. The van der Waals surface area contributed by atoms with Crippen molar-refractivity contribution in [2.24, 2.45) is 0 Å². The maximum absolute atomic E-state index is 10.2. The van der Waals surface area contributed by atoms with Crippen molar-refractivity contribution in [3.8, 4) is 0 Å². The Morgan fingerprint density at radius 2 is 1.78 bits per heavy atom. The Morgan fingerprint density at radius 1 is 1.22 bits per heavy atom. The Bertz CT molecular complexity index is 238. The molecule has 4 nitrogen and oxygen atoms in total. The third kappa shape index (κ3) is 4.58. The quantitative estimate of drug-likeness (QED) is 0.697. The predicted octanol–water partition coefficient (Wildman–Crippen LogP) is 1.69. The summed E-state index contributed by atoms with van der Waals surface area (Å²) in [4.78, 5) is 0. The second-order valence-corrected chi connectivity index (χ2v) is 7.76. The van der Waals surface area contributed by atoms with Crippen LogP contribution in [0, 0.1) is 0 Å². The van der Waals surface area contributed by atoms with Gasteiger partial charge in [0, 0.05) is 0 Å². The van der Waals surface area contributed by atoms with Crippen LogP contribution in [0.2, 0.25) is 0 Å². The van der Waals surface area contributed by atoms with Crippen LogP contribution in [-0.2, 0) is 9.47 Å². The molecule has 1 aliphatic heterocycles. The minimum absolute atomic E-state index is 0.0256. The molecule has 0 saturated carbocycles. The summed E-state index contributed by atoms with van der Waals surface area (Å²) in [6.45, 7) is 8.04. The number of aliphatic hydroxyl groups excluding tert-OH is 2. The third-order valence-electron chi connectivity index (χ3n) is 2.70. The fourth-order valence-corrected chi connectivity index (χ4v) is 4.41. The molecule has 1 saturated heterocycles. The van der Waals surface area contributed by atoms with Crippen LogP contribution in [0.3, 0.4) is 0 Å². The first-order valence-corrected chi connectivity index (χ1v) is 8.42. The van der Waals surface area contributed by atoms with E-state index in [0.29, 0.717) is 6.61 Å². The van der Waals surface area contributed by atoms with Crippen molar-refractivity contribution in [1.82, 2.24) is 0 Å². The molecule has 1 aliphatic rings. The number of hydrogen-bond acceptors (Lipinski definition) is 6. The Hall–Kier alpha value is 0.540. The lowest BCUT2D eigenvalue weighted by Crippen LogP contribution is -2.44. The second-order valence-electron chi connectivity index (χ2n) is 4.63. The number of rotatable bonds is 7. The first-order chi connectivity index (χ1) is 8.41. The summed E-state index contributed by atoms with van der Waals surface area (Å²) in [6, 6.07) is 0. The van der Waals surface area contributed by atoms with E-state index in [2.05, 4.69) is 0 Å². The zero-order chi connectivity index (χ0) is 13.8. The highest BCUT2D eigenvalue weighted by Gasteiger charge is 2.41. The monoisotopic (exact) mass is 296 g/mol. The van der Waals surface area contributed by atoms with Gasteiger partial charge in [-0.15, -0.1) is 23.5 Å². The third-order valence-corrected chi connectivity index (χ3v) is 5.40. The lowest BCUT2D eigenvalue weighted by atomic mass is 10.1. The first kappa shape index (κ1) is 16.6. The van der Waals surface area contributed by atoms with Crippen molar-refractivity contribution in [2.75, 3.05) is 18.1 Å². The van der Waals surface area contributed by atoms with Crippen LogP contribution in [0.15, 0.2) is 0 Å².